The second kappa shape index (κ2) is 4.63. The van der Waals surface area contributed by atoms with Crippen LogP contribution in [0.15, 0.2) is 23.4 Å². The SMILES string of the molecule is CC1(C)O[C@@H]2[C@H](O1)[C@@H](CO)O[C@H]2n1cnc2c(=O)[nH]ccc21. The third-order valence-corrected chi connectivity index (χ3v) is 4.08. The van der Waals surface area contributed by atoms with E-state index in [4.69, 9.17) is 14.2 Å². The van der Waals surface area contributed by atoms with E-state index in [-0.39, 0.29) is 24.4 Å². The van der Waals surface area contributed by atoms with Gasteiger partial charge in [0.25, 0.3) is 5.56 Å². The molecule has 8 heteroatoms. The molecule has 0 spiro atoms. The first-order chi connectivity index (χ1) is 10.5. The van der Waals surface area contributed by atoms with Gasteiger partial charge >= 0.3 is 0 Å². The lowest BCUT2D eigenvalue weighted by Crippen LogP contribution is -2.31. The number of aromatic amines is 1. The fourth-order valence-electron chi connectivity index (χ4n) is 3.21. The number of imidazole rings is 1. The number of H-pyrrole nitrogens is 1. The van der Waals surface area contributed by atoms with E-state index in [0.717, 1.165) is 0 Å². The Morgan fingerprint density at radius 3 is 2.95 bits per heavy atom. The second-order valence-electron chi connectivity index (χ2n) is 6.00. The Hall–Kier alpha value is -1.74. The van der Waals surface area contributed by atoms with Crippen LogP contribution < -0.4 is 5.56 Å². The Morgan fingerprint density at radius 2 is 2.18 bits per heavy atom. The minimum atomic E-state index is -0.737. The predicted molar refractivity (Wildman–Crippen MR) is 75.2 cm³/mol. The molecule has 0 radical (unpaired) electrons. The number of ether oxygens (including phenoxy) is 3. The van der Waals surface area contributed by atoms with Gasteiger partial charge in [-0.25, -0.2) is 4.98 Å². The molecule has 0 amide bonds. The first kappa shape index (κ1) is 13.9. The van der Waals surface area contributed by atoms with E-state index >= 15 is 0 Å². The molecule has 0 unspecified atom stereocenters. The Bertz CT molecular complexity index is 767. The van der Waals surface area contributed by atoms with Crippen molar-refractivity contribution in [2.24, 2.45) is 0 Å². The summed E-state index contributed by atoms with van der Waals surface area (Å²) in [7, 11) is 0. The molecule has 22 heavy (non-hydrogen) atoms. The lowest BCUT2D eigenvalue weighted by Gasteiger charge is -2.24. The highest BCUT2D eigenvalue weighted by atomic mass is 16.8. The number of nitrogens with one attached hydrogen (secondary N) is 1. The van der Waals surface area contributed by atoms with E-state index < -0.39 is 18.1 Å². The van der Waals surface area contributed by atoms with Gasteiger partial charge < -0.3 is 28.9 Å². The van der Waals surface area contributed by atoms with Gasteiger partial charge in [-0.15, -0.1) is 0 Å². The molecule has 8 nitrogen and oxygen atoms in total. The molecule has 0 aromatic carbocycles. The van der Waals surface area contributed by atoms with Crippen molar-refractivity contribution in [3.8, 4) is 0 Å². The average Bonchev–Trinajstić information content (AvgIpc) is 3.10. The molecule has 2 aliphatic rings. The summed E-state index contributed by atoms with van der Waals surface area (Å²) in [6.45, 7) is 3.49. The quantitative estimate of drug-likeness (QED) is 0.818. The molecule has 2 N–H and O–H groups in total. The van der Waals surface area contributed by atoms with Gasteiger partial charge in [0.2, 0.25) is 0 Å². The summed E-state index contributed by atoms with van der Waals surface area (Å²) < 4.78 is 19.4. The van der Waals surface area contributed by atoms with Gasteiger partial charge in [0, 0.05) is 6.20 Å². The van der Waals surface area contributed by atoms with Crippen molar-refractivity contribution in [2.75, 3.05) is 6.61 Å². The number of pyridine rings is 1. The van der Waals surface area contributed by atoms with Crippen molar-refractivity contribution < 1.29 is 19.3 Å². The minimum absolute atomic E-state index is 0.162. The van der Waals surface area contributed by atoms with Crippen LogP contribution in [-0.2, 0) is 14.2 Å². The lowest BCUT2D eigenvalue weighted by molar-refractivity contribution is -0.199. The highest BCUT2D eigenvalue weighted by molar-refractivity contribution is 5.73. The van der Waals surface area contributed by atoms with Gasteiger partial charge in [-0.2, -0.15) is 0 Å². The van der Waals surface area contributed by atoms with Crippen molar-refractivity contribution in [2.45, 2.75) is 44.2 Å². The van der Waals surface area contributed by atoms with E-state index in [1.807, 2.05) is 13.8 Å². The van der Waals surface area contributed by atoms with Crippen LogP contribution in [0, 0.1) is 0 Å². The zero-order valence-corrected chi connectivity index (χ0v) is 12.2. The lowest BCUT2D eigenvalue weighted by atomic mass is 10.1. The monoisotopic (exact) mass is 307 g/mol. The molecule has 4 rings (SSSR count). The first-order valence-electron chi connectivity index (χ1n) is 7.16. The number of hydrogen-bond donors (Lipinski definition) is 2. The number of aliphatic hydroxyl groups is 1. The Labute approximate surface area is 125 Å². The molecule has 4 heterocycles. The van der Waals surface area contributed by atoms with Crippen molar-refractivity contribution >= 4 is 11.0 Å². The average molecular weight is 307 g/mol. The zero-order chi connectivity index (χ0) is 15.5. The predicted octanol–water partition coefficient (Wildman–Crippen LogP) is 0.134. The summed E-state index contributed by atoms with van der Waals surface area (Å²) in [5.74, 6) is -0.737. The Morgan fingerprint density at radius 1 is 1.41 bits per heavy atom. The molecule has 2 aliphatic heterocycles. The largest absolute Gasteiger partial charge is 0.394 e. The molecule has 118 valence electrons. The van der Waals surface area contributed by atoms with E-state index in [1.165, 1.54) is 0 Å². The fourth-order valence-corrected chi connectivity index (χ4v) is 3.21. The van der Waals surface area contributed by atoms with Gasteiger partial charge in [-0.3, -0.25) is 4.79 Å². The summed E-state index contributed by atoms with van der Waals surface area (Å²) in [4.78, 5) is 18.5. The number of rotatable bonds is 2. The van der Waals surface area contributed by atoms with Crippen molar-refractivity contribution in [3.05, 3.63) is 28.9 Å². The molecular formula is C14H17N3O5. The minimum Gasteiger partial charge on any atom is -0.394 e. The van der Waals surface area contributed by atoms with Crippen molar-refractivity contribution in [3.63, 3.8) is 0 Å². The van der Waals surface area contributed by atoms with Crippen LogP contribution in [0.3, 0.4) is 0 Å². The van der Waals surface area contributed by atoms with Gasteiger partial charge in [0.05, 0.1) is 18.5 Å². The number of nitrogens with zero attached hydrogens (tertiary/aromatic N) is 2. The van der Waals surface area contributed by atoms with E-state index in [9.17, 15) is 9.90 Å². The molecule has 2 saturated heterocycles. The van der Waals surface area contributed by atoms with E-state index in [1.54, 1.807) is 23.2 Å². The fraction of sp³-hybridized carbons (Fsp3) is 0.571. The van der Waals surface area contributed by atoms with Crippen LogP contribution in [0.25, 0.3) is 11.0 Å². The van der Waals surface area contributed by atoms with Crippen LogP contribution in [0.2, 0.25) is 0 Å². The van der Waals surface area contributed by atoms with E-state index in [2.05, 4.69) is 9.97 Å². The standard InChI is InChI=1S/C14H17N3O5/c1-14(2)21-10-8(5-18)20-13(11(10)22-14)17-6-16-9-7(17)3-4-15-12(9)19/h3-4,6,8,10-11,13,18H,5H2,1-2H3,(H,15,19)/t8-,10-,11-,13-/m1/s1. The number of hydrogen-bond acceptors (Lipinski definition) is 6. The Balaban J connectivity index is 1.78. The molecule has 0 saturated carbocycles. The van der Waals surface area contributed by atoms with Crippen LogP contribution >= 0.6 is 0 Å². The maximum absolute atomic E-state index is 11.8. The maximum atomic E-state index is 11.8. The first-order valence-corrected chi connectivity index (χ1v) is 7.16. The smallest absolute Gasteiger partial charge is 0.276 e. The number of aromatic nitrogens is 3. The molecule has 0 bridgehead atoms. The van der Waals surface area contributed by atoms with Gasteiger partial charge in [-0.05, 0) is 19.9 Å². The van der Waals surface area contributed by atoms with E-state index in [0.29, 0.717) is 11.0 Å². The van der Waals surface area contributed by atoms with Gasteiger partial charge in [0.1, 0.15) is 18.3 Å². The normalized spacial score (nSPS) is 33.4. The maximum Gasteiger partial charge on any atom is 0.276 e. The summed E-state index contributed by atoms with van der Waals surface area (Å²) in [5, 5.41) is 9.52. The number of aliphatic hydroxyl groups excluding tert-OH is 1. The third-order valence-electron chi connectivity index (χ3n) is 4.08. The van der Waals surface area contributed by atoms with Crippen LogP contribution in [-0.4, -0.2) is 50.3 Å². The van der Waals surface area contributed by atoms with Gasteiger partial charge in [0.15, 0.2) is 17.5 Å². The van der Waals surface area contributed by atoms with Crippen LogP contribution in [0.5, 0.6) is 0 Å². The molecule has 2 aromatic rings. The van der Waals surface area contributed by atoms with Gasteiger partial charge in [-0.1, -0.05) is 0 Å². The number of fused-ring (bicyclic) bond motifs is 2. The highest BCUT2D eigenvalue weighted by Crippen LogP contribution is 2.43. The third kappa shape index (κ3) is 1.92. The topological polar surface area (TPSA) is 98.6 Å². The molecule has 4 atom stereocenters. The summed E-state index contributed by atoms with van der Waals surface area (Å²) in [6, 6.07) is 1.76. The molecule has 0 aliphatic carbocycles. The summed E-state index contributed by atoms with van der Waals surface area (Å²) in [6.07, 6.45) is 1.41. The molecule has 2 fully saturated rings. The van der Waals surface area contributed by atoms with Crippen LogP contribution in [0.4, 0.5) is 0 Å². The molecule has 2 aromatic heterocycles. The van der Waals surface area contributed by atoms with Crippen LogP contribution in [0.1, 0.15) is 20.1 Å². The summed E-state index contributed by atoms with van der Waals surface area (Å²) >= 11 is 0. The Kier molecular flexibility index (Phi) is 2.92. The molecular weight excluding hydrogens is 290 g/mol. The zero-order valence-electron chi connectivity index (χ0n) is 12.2. The summed E-state index contributed by atoms with van der Waals surface area (Å²) in [5.41, 5.74) is 0.737. The van der Waals surface area contributed by atoms with Crippen molar-refractivity contribution in [1.29, 1.82) is 0 Å². The van der Waals surface area contributed by atoms with Crippen molar-refractivity contribution in [1.82, 2.24) is 14.5 Å². The second-order valence-corrected chi connectivity index (χ2v) is 6.00. The highest BCUT2D eigenvalue weighted by Gasteiger charge is 2.55.